The van der Waals surface area contributed by atoms with Crippen LogP contribution in [0.25, 0.3) is 33.4 Å². The van der Waals surface area contributed by atoms with E-state index in [9.17, 15) is 62.1 Å². The van der Waals surface area contributed by atoms with Crippen molar-refractivity contribution in [3.63, 3.8) is 0 Å². The SMILES string of the molecule is O=P1(O)Oc2c(-c3ccc(C(F)(F)F)cc3C(F)(F)F)cc3c(c2-c2c4c(cc(-c5ccc(C(F)(F)F)cc5C(F)(F)F)c2O1)CCCC4)CCCC3. The van der Waals surface area contributed by atoms with Crippen molar-refractivity contribution < 1.29 is 71.2 Å². The van der Waals surface area contributed by atoms with Gasteiger partial charge in [-0.05, 0) is 121 Å². The number of phosphoric ester groups is 1. The summed E-state index contributed by atoms with van der Waals surface area (Å²) in [7, 11) is -5.57. The molecule has 4 nitrogen and oxygen atoms in total. The highest BCUT2D eigenvalue weighted by atomic mass is 31.2. The Kier molecular flexibility index (Phi) is 8.72. The zero-order valence-corrected chi connectivity index (χ0v) is 27.8. The van der Waals surface area contributed by atoms with Crippen molar-refractivity contribution in [3.8, 4) is 44.9 Å². The van der Waals surface area contributed by atoms with Gasteiger partial charge in [0.1, 0.15) is 11.5 Å². The fourth-order valence-corrected chi connectivity index (χ4v) is 8.40. The van der Waals surface area contributed by atoms with E-state index >= 15 is 0 Å². The van der Waals surface area contributed by atoms with Gasteiger partial charge in [0.2, 0.25) is 0 Å². The van der Waals surface area contributed by atoms with Crippen molar-refractivity contribution in [2.45, 2.75) is 76.1 Å². The standard InChI is InChI=1S/C36H25F12O4P/c37-33(38,39)19-9-11-23(27(15-19)35(43,44)45)25-13-17-5-1-3-7-21(17)29-30-22-8-4-2-6-18(22)14-26(32(30)52-53(49,50)51-31(25)29)24-12-10-20(34(40,41)42)16-28(24)36(46,47)48/h9-16H,1-8H2,(H,49,50). The summed E-state index contributed by atoms with van der Waals surface area (Å²) in [6.45, 7) is 0. The summed E-state index contributed by atoms with van der Waals surface area (Å²) in [5.41, 5.74) is -7.86. The maximum atomic E-state index is 14.5. The largest absolute Gasteiger partial charge is 0.584 e. The van der Waals surface area contributed by atoms with Gasteiger partial charge in [0.25, 0.3) is 0 Å². The minimum absolute atomic E-state index is 0.0764. The third kappa shape index (κ3) is 6.77. The predicted molar refractivity (Wildman–Crippen MR) is 167 cm³/mol. The molecular formula is C36H25F12O4P. The Hall–Kier alpha value is -4.17. The zero-order chi connectivity index (χ0) is 38.5. The molecule has 0 radical (unpaired) electrons. The van der Waals surface area contributed by atoms with Crippen LogP contribution in [-0.4, -0.2) is 4.89 Å². The van der Waals surface area contributed by atoms with Crippen LogP contribution < -0.4 is 9.05 Å². The molecule has 0 bridgehead atoms. The average Bonchev–Trinajstić information content (AvgIpc) is 3.18. The monoisotopic (exact) mass is 780 g/mol. The summed E-state index contributed by atoms with van der Waals surface area (Å²) >= 11 is 0. The van der Waals surface area contributed by atoms with Gasteiger partial charge in [-0.25, -0.2) is 4.57 Å². The van der Waals surface area contributed by atoms with Gasteiger partial charge in [0.15, 0.2) is 0 Å². The van der Waals surface area contributed by atoms with Crippen LogP contribution in [0, 0.1) is 0 Å². The number of aryl methyl sites for hydroxylation is 2. The average molecular weight is 781 g/mol. The summed E-state index contributed by atoms with van der Waals surface area (Å²) in [6, 6.07) is 4.26. The first-order chi connectivity index (χ1) is 24.5. The van der Waals surface area contributed by atoms with Crippen molar-refractivity contribution in [3.05, 3.63) is 93.0 Å². The molecule has 0 unspecified atom stereocenters. The second-order valence-electron chi connectivity index (χ2n) is 13.1. The third-order valence-electron chi connectivity index (χ3n) is 9.75. The summed E-state index contributed by atoms with van der Waals surface area (Å²) in [4.78, 5) is 11.1. The zero-order valence-electron chi connectivity index (χ0n) is 26.9. The lowest BCUT2D eigenvalue weighted by Crippen LogP contribution is -2.14. The first-order valence-electron chi connectivity index (χ1n) is 16.2. The van der Waals surface area contributed by atoms with Crippen molar-refractivity contribution in [2.75, 3.05) is 0 Å². The summed E-state index contributed by atoms with van der Waals surface area (Å²) in [5, 5.41) is 0. The van der Waals surface area contributed by atoms with Gasteiger partial charge >= 0.3 is 32.5 Å². The third-order valence-corrected chi connectivity index (χ3v) is 10.6. The maximum Gasteiger partial charge on any atom is 0.584 e. The quantitative estimate of drug-likeness (QED) is 0.163. The number of hydrogen-bond donors (Lipinski definition) is 1. The minimum Gasteiger partial charge on any atom is -0.394 e. The molecule has 0 saturated heterocycles. The lowest BCUT2D eigenvalue weighted by Gasteiger charge is -2.28. The Morgan fingerprint density at radius 1 is 0.491 bits per heavy atom. The number of benzene rings is 4. The Morgan fingerprint density at radius 2 is 0.849 bits per heavy atom. The second kappa shape index (κ2) is 12.4. The summed E-state index contributed by atoms with van der Waals surface area (Å²) in [5.74, 6) is -1.32. The minimum atomic E-state index is -5.57. The van der Waals surface area contributed by atoms with Crippen molar-refractivity contribution in [2.24, 2.45) is 0 Å². The molecule has 282 valence electrons. The molecule has 1 heterocycles. The second-order valence-corrected chi connectivity index (χ2v) is 14.4. The van der Waals surface area contributed by atoms with E-state index in [1.165, 1.54) is 12.1 Å². The van der Waals surface area contributed by atoms with Crippen LogP contribution in [0.3, 0.4) is 0 Å². The van der Waals surface area contributed by atoms with Crippen molar-refractivity contribution in [1.29, 1.82) is 0 Å². The number of halogens is 12. The van der Waals surface area contributed by atoms with Crippen LogP contribution in [0.15, 0.2) is 48.5 Å². The van der Waals surface area contributed by atoms with Gasteiger partial charge in [-0.3, -0.25) is 4.89 Å². The molecular weight excluding hydrogens is 755 g/mol. The molecule has 0 spiro atoms. The molecule has 4 aromatic carbocycles. The molecule has 4 aromatic rings. The molecule has 17 heteroatoms. The normalized spacial score (nSPS) is 17.1. The predicted octanol–water partition coefficient (Wildman–Crippen LogP) is 12.4. The number of hydrogen-bond acceptors (Lipinski definition) is 3. The lowest BCUT2D eigenvalue weighted by molar-refractivity contribution is -0.144. The van der Waals surface area contributed by atoms with E-state index in [-0.39, 0.29) is 48.9 Å². The highest BCUT2D eigenvalue weighted by Crippen LogP contribution is 2.63. The molecule has 53 heavy (non-hydrogen) atoms. The first kappa shape index (κ1) is 37.2. The Bertz CT molecular complexity index is 2050. The summed E-state index contributed by atoms with van der Waals surface area (Å²) in [6.07, 6.45) is -18.0. The maximum absolute atomic E-state index is 14.5. The summed E-state index contributed by atoms with van der Waals surface area (Å²) < 4.78 is 194. The van der Waals surface area contributed by atoms with Crippen molar-refractivity contribution >= 4 is 7.82 Å². The van der Waals surface area contributed by atoms with E-state index in [0.29, 0.717) is 72.2 Å². The number of rotatable bonds is 2. The molecule has 0 amide bonds. The van der Waals surface area contributed by atoms with E-state index in [0.717, 1.165) is 0 Å². The first-order valence-corrected chi connectivity index (χ1v) is 17.7. The highest BCUT2D eigenvalue weighted by molar-refractivity contribution is 7.48. The van der Waals surface area contributed by atoms with Gasteiger partial charge in [0, 0.05) is 22.3 Å². The fraction of sp³-hybridized carbons (Fsp3) is 0.333. The van der Waals surface area contributed by atoms with Crippen LogP contribution >= 0.6 is 7.82 Å². The molecule has 0 saturated carbocycles. The highest BCUT2D eigenvalue weighted by Gasteiger charge is 2.45. The molecule has 0 aromatic heterocycles. The van der Waals surface area contributed by atoms with Crippen molar-refractivity contribution in [1.82, 2.24) is 0 Å². The van der Waals surface area contributed by atoms with Gasteiger partial charge in [-0.15, -0.1) is 0 Å². The van der Waals surface area contributed by atoms with E-state index in [2.05, 4.69) is 0 Å². The molecule has 1 aliphatic heterocycles. The van der Waals surface area contributed by atoms with Gasteiger partial charge in [-0.1, -0.05) is 12.1 Å². The van der Waals surface area contributed by atoms with Crippen LogP contribution in [0.2, 0.25) is 0 Å². The van der Waals surface area contributed by atoms with Gasteiger partial charge in [0.05, 0.1) is 22.3 Å². The smallest absolute Gasteiger partial charge is 0.394 e. The Balaban J connectivity index is 1.63. The van der Waals surface area contributed by atoms with Crippen LogP contribution in [0.5, 0.6) is 11.5 Å². The number of fused-ring (bicyclic) bond motifs is 7. The molecule has 2 aliphatic carbocycles. The Labute approximate surface area is 293 Å². The van der Waals surface area contributed by atoms with E-state index in [4.69, 9.17) is 9.05 Å². The van der Waals surface area contributed by atoms with E-state index in [1.54, 1.807) is 0 Å². The Morgan fingerprint density at radius 3 is 1.19 bits per heavy atom. The topological polar surface area (TPSA) is 55.8 Å². The van der Waals surface area contributed by atoms with Crippen LogP contribution in [-0.2, 0) is 55.0 Å². The van der Waals surface area contributed by atoms with E-state index < -0.39 is 88.5 Å². The van der Waals surface area contributed by atoms with Gasteiger partial charge in [-0.2, -0.15) is 52.7 Å². The molecule has 3 aliphatic rings. The van der Waals surface area contributed by atoms with Crippen LogP contribution in [0.1, 0.15) is 70.2 Å². The van der Waals surface area contributed by atoms with Crippen LogP contribution in [0.4, 0.5) is 52.7 Å². The fourth-order valence-electron chi connectivity index (χ4n) is 7.52. The molecule has 7 rings (SSSR count). The number of alkyl halides is 12. The lowest BCUT2D eigenvalue weighted by atomic mass is 9.76. The molecule has 0 fully saturated rings. The molecule has 0 atom stereocenters. The van der Waals surface area contributed by atoms with Gasteiger partial charge < -0.3 is 9.05 Å². The molecule has 1 N–H and O–H groups in total. The number of phosphoric acid groups is 1. The van der Waals surface area contributed by atoms with E-state index in [1.807, 2.05) is 0 Å².